The maximum Gasteiger partial charge on any atom is 0.138 e. The van der Waals surface area contributed by atoms with Gasteiger partial charge in [-0.15, -0.1) is 0 Å². The molecule has 1 fully saturated rings. The van der Waals surface area contributed by atoms with Gasteiger partial charge in [-0.2, -0.15) is 5.10 Å². The van der Waals surface area contributed by atoms with E-state index < -0.39 is 0 Å². The fourth-order valence-corrected chi connectivity index (χ4v) is 3.12. The number of hydrogen-bond donors (Lipinski definition) is 1. The molecule has 0 aromatic carbocycles. The van der Waals surface area contributed by atoms with Crippen LogP contribution in [-0.2, 0) is 6.42 Å². The Balaban J connectivity index is 1.95. The third kappa shape index (κ3) is 3.78. The molecule has 0 bridgehead atoms. The molecule has 2 rings (SSSR count). The van der Waals surface area contributed by atoms with E-state index in [9.17, 15) is 0 Å². The molecular formula is C15H28N4. The Hall–Kier alpha value is -0.900. The van der Waals surface area contributed by atoms with E-state index in [1.807, 2.05) is 0 Å². The van der Waals surface area contributed by atoms with Crippen LogP contribution in [0.2, 0.25) is 0 Å². The number of aromatic nitrogens is 3. The molecule has 1 N–H and O–H groups in total. The first kappa shape index (κ1) is 14.5. The smallest absolute Gasteiger partial charge is 0.138 e. The molecule has 0 saturated heterocycles. The van der Waals surface area contributed by atoms with Crippen molar-refractivity contribution in [2.24, 2.45) is 11.8 Å². The van der Waals surface area contributed by atoms with Crippen LogP contribution >= 0.6 is 0 Å². The highest BCUT2D eigenvalue weighted by Crippen LogP contribution is 2.33. The lowest BCUT2D eigenvalue weighted by atomic mass is 9.92. The van der Waals surface area contributed by atoms with Crippen LogP contribution in [0.5, 0.6) is 0 Å². The largest absolute Gasteiger partial charge is 0.314 e. The highest BCUT2D eigenvalue weighted by atomic mass is 15.3. The van der Waals surface area contributed by atoms with E-state index in [-0.39, 0.29) is 0 Å². The lowest BCUT2D eigenvalue weighted by Gasteiger charge is -2.21. The van der Waals surface area contributed by atoms with Crippen molar-refractivity contribution in [3.8, 4) is 0 Å². The van der Waals surface area contributed by atoms with Gasteiger partial charge in [-0.05, 0) is 45.1 Å². The fourth-order valence-electron chi connectivity index (χ4n) is 3.12. The summed E-state index contributed by atoms with van der Waals surface area (Å²) in [5, 5.41) is 7.94. The standard InChI is InChI=1S/C15H28N4/c1-11(2)16-9-14-7-5-6-13(14)8-15-17-10-18-19(15)12(3)4/h10-14,16H,5-9H2,1-4H3. The molecular weight excluding hydrogens is 236 g/mol. The van der Waals surface area contributed by atoms with Crippen molar-refractivity contribution in [2.45, 2.75) is 65.5 Å². The quantitative estimate of drug-likeness (QED) is 0.859. The molecule has 2 unspecified atom stereocenters. The van der Waals surface area contributed by atoms with E-state index >= 15 is 0 Å². The molecule has 1 saturated carbocycles. The minimum absolute atomic E-state index is 0.408. The summed E-state index contributed by atoms with van der Waals surface area (Å²) in [6, 6.07) is 0.992. The van der Waals surface area contributed by atoms with Crippen molar-refractivity contribution >= 4 is 0 Å². The van der Waals surface area contributed by atoms with Gasteiger partial charge in [0, 0.05) is 18.5 Å². The van der Waals surface area contributed by atoms with Crippen molar-refractivity contribution in [3.05, 3.63) is 12.2 Å². The average Bonchev–Trinajstić information content (AvgIpc) is 2.96. The molecule has 1 aromatic rings. The maximum atomic E-state index is 4.46. The van der Waals surface area contributed by atoms with Gasteiger partial charge in [0.05, 0.1) is 0 Å². The lowest BCUT2D eigenvalue weighted by molar-refractivity contribution is 0.341. The molecule has 1 aromatic heterocycles. The van der Waals surface area contributed by atoms with E-state index in [1.165, 1.54) is 19.3 Å². The van der Waals surface area contributed by atoms with Crippen LogP contribution in [0.1, 0.15) is 58.8 Å². The summed E-state index contributed by atoms with van der Waals surface area (Å²) in [7, 11) is 0. The van der Waals surface area contributed by atoms with Gasteiger partial charge in [0.25, 0.3) is 0 Å². The van der Waals surface area contributed by atoms with Gasteiger partial charge < -0.3 is 5.32 Å². The van der Waals surface area contributed by atoms with Crippen LogP contribution in [0.15, 0.2) is 6.33 Å². The van der Waals surface area contributed by atoms with Crippen LogP contribution in [0, 0.1) is 11.8 Å². The van der Waals surface area contributed by atoms with Crippen molar-refractivity contribution in [1.29, 1.82) is 0 Å². The molecule has 1 aliphatic rings. The highest BCUT2D eigenvalue weighted by molar-refractivity contribution is 4.93. The van der Waals surface area contributed by atoms with Gasteiger partial charge in [0.15, 0.2) is 0 Å². The Morgan fingerprint density at radius 3 is 2.68 bits per heavy atom. The summed E-state index contributed by atoms with van der Waals surface area (Å²) < 4.78 is 2.07. The zero-order valence-electron chi connectivity index (χ0n) is 12.8. The van der Waals surface area contributed by atoms with Crippen LogP contribution in [0.4, 0.5) is 0 Å². The van der Waals surface area contributed by atoms with Gasteiger partial charge in [0.2, 0.25) is 0 Å². The zero-order valence-corrected chi connectivity index (χ0v) is 12.8. The van der Waals surface area contributed by atoms with Crippen molar-refractivity contribution < 1.29 is 0 Å². The van der Waals surface area contributed by atoms with Crippen LogP contribution < -0.4 is 5.32 Å². The predicted octanol–water partition coefficient (Wildman–Crippen LogP) is 2.82. The lowest BCUT2D eigenvalue weighted by Crippen LogP contribution is -2.31. The molecule has 0 spiro atoms. The Morgan fingerprint density at radius 2 is 2.00 bits per heavy atom. The van der Waals surface area contributed by atoms with E-state index in [1.54, 1.807) is 6.33 Å². The van der Waals surface area contributed by atoms with Crippen molar-refractivity contribution in [2.75, 3.05) is 6.54 Å². The molecule has 4 heteroatoms. The molecule has 0 radical (unpaired) electrons. The first-order chi connectivity index (χ1) is 9.08. The second kappa shape index (κ2) is 6.51. The normalized spacial score (nSPS) is 23.7. The Bertz CT molecular complexity index is 383. The molecule has 1 aliphatic carbocycles. The van der Waals surface area contributed by atoms with Gasteiger partial charge in [-0.1, -0.05) is 20.3 Å². The van der Waals surface area contributed by atoms with Gasteiger partial charge >= 0.3 is 0 Å². The molecule has 2 atom stereocenters. The third-order valence-corrected chi connectivity index (χ3v) is 4.19. The Morgan fingerprint density at radius 1 is 1.26 bits per heavy atom. The molecule has 108 valence electrons. The van der Waals surface area contributed by atoms with Gasteiger partial charge in [0.1, 0.15) is 12.2 Å². The highest BCUT2D eigenvalue weighted by Gasteiger charge is 2.28. The topological polar surface area (TPSA) is 42.7 Å². The van der Waals surface area contributed by atoms with Crippen LogP contribution in [0.3, 0.4) is 0 Å². The monoisotopic (exact) mass is 264 g/mol. The minimum Gasteiger partial charge on any atom is -0.314 e. The molecule has 19 heavy (non-hydrogen) atoms. The van der Waals surface area contributed by atoms with E-state index in [0.29, 0.717) is 12.1 Å². The second-order valence-electron chi connectivity index (χ2n) is 6.43. The summed E-state index contributed by atoms with van der Waals surface area (Å²) >= 11 is 0. The minimum atomic E-state index is 0.408. The average molecular weight is 264 g/mol. The first-order valence-electron chi connectivity index (χ1n) is 7.69. The number of nitrogens with zero attached hydrogens (tertiary/aromatic N) is 3. The summed E-state index contributed by atoms with van der Waals surface area (Å²) in [6.45, 7) is 9.94. The Labute approximate surface area is 117 Å². The van der Waals surface area contributed by atoms with Crippen LogP contribution in [0.25, 0.3) is 0 Å². The van der Waals surface area contributed by atoms with Crippen molar-refractivity contribution in [3.63, 3.8) is 0 Å². The SMILES string of the molecule is CC(C)NCC1CCCC1Cc1ncnn1C(C)C. The maximum absolute atomic E-state index is 4.46. The fraction of sp³-hybridized carbons (Fsp3) is 0.867. The van der Waals surface area contributed by atoms with E-state index in [2.05, 4.69) is 47.8 Å². The Kier molecular flexibility index (Phi) is 4.97. The summed E-state index contributed by atoms with van der Waals surface area (Å²) in [5.74, 6) is 2.74. The molecule has 0 aliphatic heterocycles. The van der Waals surface area contributed by atoms with Gasteiger partial charge in [-0.3, -0.25) is 0 Å². The summed E-state index contributed by atoms with van der Waals surface area (Å²) in [6.07, 6.45) is 6.86. The molecule has 0 amide bonds. The predicted molar refractivity (Wildman–Crippen MR) is 78.1 cm³/mol. The number of hydrogen-bond acceptors (Lipinski definition) is 3. The van der Waals surface area contributed by atoms with E-state index in [0.717, 1.165) is 30.6 Å². The van der Waals surface area contributed by atoms with Gasteiger partial charge in [-0.25, -0.2) is 9.67 Å². The molecule has 4 nitrogen and oxygen atoms in total. The zero-order chi connectivity index (χ0) is 13.8. The number of rotatable bonds is 6. The van der Waals surface area contributed by atoms with Crippen molar-refractivity contribution in [1.82, 2.24) is 20.1 Å². The summed E-state index contributed by atoms with van der Waals surface area (Å²) in [5.41, 5.74) is 0. The number of nitrogens with one attached hydrogen (secondary N) is 1. The molecule has 1 heterocycles. The summed E-state index contributed by atoms with van der Waals surface area (Å²) in [4.78, 5) is 4.46. The van der Waals surface area contributed by atoms with E-state index in [4.69, 9.17) is 0 Å². The third-order valence-electron chi connectivity index (χ3n) is 4.19. The van der Waals surface area contributed by atoms with Crippen LogP contribution in [-0.4, -0.2) is 27.4 Å². The first-order valence-corrected chi connectivity index (χ1v) is 7.69. The second-order valence-corrected chi connectivity index (χ2v) is 6.43.